The monoisotopic (exact) mass is 256 g/mol. The van der Waals surface area contributed by atoms with Crippen molar-refractivity contribution in [3.63, 3.8) is 0 Å². The minimum atomic E-state index is 0.304. The molecule has 1 aromatic heterocycles. The molecule has 1 N–H and O–H groups in total. The number of nitrogens with one attached hydrogen (secondary N) is 1. The minimum absolute atomic E-state index is 0.304. The minimum Gasteiger partial charge on any atom is -0.497 e. The molecule has 0 spiro atoms. The summed E-state index contributed by atoms with van der Waals surface area (Å²) in [7, 11) is 1.68. The molecule has 2 rings (SSSR count). The maximum absolute atomic E-state index is 5.17. The molecule has 1 aromatic carbocycles. The molecule has 2 aromatic rings. The summed E-state index contributed by atoms with van der Waals surface area (Å²) in [5.74, 6) is 0.890. The molecule has 0 bridgehead atoms. The van der Waals surface area contributed by atoms with E-state index < -0.39 is 0 Å². The summed E-state index contributed by atoms with van der Waals surface area (Å²) in [6.07, 6.45) is 3.73. The molecule has 0 radical (unpaired) electrons. The fourth-order valence-corrected chi connectivity index (χ4v) is 1.97. The predicted molar refractivity (Wildman–Crippen MR) is 77.2 cm³/mol. The Morgan fingerprint density at radius 2 is 1.95 bits per heavy atom. The molecule has 0 aliphatic rings. The van der Waals surface area contributed by atoms with Crippen LogP contribution in [0.4, 0.5) is 0 Å². The van der Waals surface area contributed by atoms with Crippen molar-refractivity contribution in [2.45, 2.75) is 26.4 Å². The van der Waals surface area contributed by atoms with Gasteiger partial charge in [-0.1, -0.05) is 12.1 Å². The summed E-state index contributed by atoms with van der Waals surface area (Å²) >= 11 is 0. The molecule has 19 heavy (non-hydrogen) atoms. The number of nitrogens with zero attached hydrogens (tertiary/aromatic N) is 1. The fraction of sp³-hybridized carbons (Fsp3) is 0.312. The van der Waals surface area contributed by atoms with Gasteiger partial charge in [0.15, 0.2) is 0 Å². The molecule has 0 aliphatic heterocycles. The van der Waals surface area contributed by atoms with Gasteiger partial charge in [0, 0.05) is 25.0 Å². The van der Waals surface area contributed by atoms with Gasteiger partial charge in [0.05, 0.1) is 7.11 Å². The van der Waals surface area contributed by atoms with Crippen LogP contribution in [0.5, 0.6) is 5.75 Å². The Bertz CT molecular complexity index is 523. The molecule has 1 heterocycles. The molecular weight excluding hydrogens is 236 g/mol. The number of aromatic nitrogens is 1. The molecule has 0 saturated carbocycles. The van der Waals surface area contributed by atoms with Crippen LogP contribution in [0, 0.1) is 6.92 Å². The fourth-order valence-electron chi connectivity index (χ4n) is 1.97. The average Bonchev–Trinajstić information content (AvgIpc) is 2.46. The average molecular weight is 256 g/mol. The molecule has 0 saturated heterocycles. The molecule has 1 unspecified atom stereocenters. The van der Waals surface area contributed by atoms with Gasteiger partial charge in [-0.3, -0.25) is 4.98 Å². The third-order valence-electron chi connectivity index (χ3n) is 3.35. The Hall–Kier alpha value is -1.87. The van der Waals surface area contributed by atoms with E-state index in [9.17, 15) is 0 Å². The number of rotatable bonds is 5. The highest BCUT2D eigenvalue weighted by atomic mass is 16.5. The quantitative estimate of drug-likeness (QED) is 0.891. The van der Waals surface area contributed by atoms with Crippen LogP contribution < -0.4 is 10.1 Å². The van der Waals surface area contributed by atoms with Crippen molar-refractivity contribution in [1.82, 2.24) is 10.3 Å². The van der Waals surface area contributed by atoms with E-state index >= 15 is 0 Å². The second kappa shape index (κ2) is 6.34. The predicted octanol–water partition coefficient (Wildman–Crippen LogP) is 3.25. The lowest BCUT2D eigenvalue weighted by Gasteiger charge is -2.15. The highest BCUT2D eigenvalue weighted by Crippen LogP contribution is 2.18. The van der Waals surface area contributed by atoms with Gasteiger partial charge in [0.1, 0.15) is 5.75 Å². The highest BCUT2D eigenvalue weighted by Gasteiger charge is 2.06. The van der Waals surface area contributed by atoms with Gasteiger partial charge in [-0.15, -0.1) is 0 Å². The van der Waals surface area contributed by atoms with E-state index in [4.69, 9.17) is 4.74 Å². The Morgan fingerprint density at radius 3 is 2.58 bits per heavy atom. The summed E-state index contributed by atoms with van der Waals surface area (Å²) in [5.41, 5.74) is 3.76. The summed E-state index contributed by atoms with van der Waals surface area (Å²) < 4.78 is 5.17. The Kier molecular flexibility index (Phi) is 4.53. The highest BCUT2D eigenvalue weighted by molar-refractivity contribution is 5.29. The lowest BCUT2D eigenvalue weighted by atomic mass is 10.1. The van der Waals surface area contributed by atoms with Crippen LogP contribution in [0.2, 0.25) is 0 Å². The van der Waals surface area contributed by atoms with Crippen LogP contribution in [0.25, 0.3) is 0 Å². The summed E-state index contributed by atoms with van der Waals surface area (Å²) in [5, 5.41) is 3.52. The standard InChI is InChI=1S/C16H20N2O/c1-12-10-17-9-8-15(12)11-18-13(2)14-4-6-16(19-3)7-5-14/h4-10,13,18H,11H2,1-3H3. The summed E-state index contributed by atoms with van der Waals surface area (Å²) in [6, 6.07) is 10.5. The van der Waals surface area contributed by atoms with Crippen molar-refractivity contribution in [2.24, 2.45) is 0 Å². The third kappa shape index (κ3) is 3.55. The number of benzene rings is 1. The number of hydrogen-bond donors (Lipinski definition) is 1. The topological polar surface area (TPSA) is 34.1 Å². The number of pyridine rings is 1. The normalized spacial score (nSPS) is 12.2. The van der Waals surface area contributed by atoms with Gasteiger partial charge in [0.25, 0.3) is 0 Å². The third-order valence-corrected chi connectivity index (χ3v) is 3.35. The van der Waals surface area contributed by atoms with E-state index in [1.54, 1.807) is 7.11 Å². The summed E-state index contributed by atoms with van der Waals surface area (Å²) in [4.78, 5) is 4.11. The second-order valence-electron chi connectivity index (χ2n) is 4.68. The SMILES string of the molecule is COc1ccc(C(C)NCc2ccncc2C)cc1. The van der Waals surface area contributed by atoms with E-state index in [1.807, 2.05) is 24.5 Å². The van der Waals surface area contributed by atoms with E-state index in [0.717, 1.165) is 12.3 Å². The molecule has 100 valence electrons. The van der Waals surface area contributed by atoms with E-state index in [0.29, 0.717) is 6.04 Å². The second-order valence-corrected chi connectivity index (χ2v) is 4.68. The lowest BCUT2D eigenvalue weighted by Crippen LogP contribution is -2.18. The van der Waals surface area contributed by atoms with Gasteiger partial charge in [-0.25, -0.2) is 0 Å². The Morgan fingerprint density at radius 1 is 1.21 bits per heavy atom. The first-order valence-electron chi connectivity index (χ1n) is 6.47. The van der Waals surface area contributed by atoms with Crippen molar-refractivity contribution < 1.29 is 4.74 Å². The zero-order valence-electron chi connectivity index (χ0n) is 11.7. The number of ether oxygens (including phenoxy) is 1. The zero-order valence-corrected chi connectivity index (χ0v) is 11.7. The van der Waals surface area contributed by atoms with Gasteiger partial charge in [0.2, 0.25) is 0 Å². The molecule has 0 aliphatic carbocycles. The van der Waals surface area contributed by atoms with Crippen LogP contribution >= 0.6 is 0 Å². The number of hydrogen-bond acceptors (Lipinski definition) is 3. The molecule has 3 nitrogen and oxygen atoms in total. The molecule has 1 atom stereocenters. The van der Waals surface area contributed by atoms with E-state index in [-0.39, 0.29) is 0 Å². The van der Waals surface area contributed by atoms with E-state index in [2.05, 4.69) is 42.3 Å². The van der Waals surface area contributed by atoms with Gasteiger partial charge in [-0.2, -0.15) is 0 Å². The van der Waals surface area contributed by atoms with Crippen molar-refractivity contribution in [1.29, 1.82) is 0 Å². The van der Waals surface area contributed by atoms with Crippen LogP contribution in [0.1, 0.15) is 29.7 Å². The number of methoxy groups -OCH3 is 1. The van der Waals surface area contributed by atoms with Crippen LogP contribution in [0.3, 0.4) is 0 Å². The van der Waals surface area contributed by atoms with Crippen LogP contribution in [0.15, 0.2) is 42.7 Å². The zero-order chi connectivity index (χ0) is 13.7. The molecular formula is C16H20N2O. The van der Waals surface area contributed by atoms with Gasteiger partial charge in [-0.05, 0) is 48.7 Å². The van der Waals surface area contributed by atoms with Crippen molar-refractivity contribution in [3.8, 4) is 5.75 Å². The van der Waals surface area contributed by atoms with Gasteiger partial charge < -0.3 is 10.1 Å². The first-order chi connectivity index (χ1) is 9.20. The maximum Gasteiger partial charge on any atom is 0.118 e. The summed E-state index contributed by atoms with van der Waals surface area (Å²) in [6.45, 7) is 5.10. The van der Waals surface area contributed by atoms with Gasteiger partial charge >= 0.3 is 0 Å². The molecule has 3 heteroatoms. The first kappa shape index (κ1) is 13.6. The Balaban J connectivity index is 1.97. The van der Waals surface area contributed by atoms with Crippen molar-refractivity contribution in [3.05, 3.63) is 59.4 Å². The first-order valence-corrected chi connectivity index (χ1v) is 6.47. The largest absolute Gasteiger partial charge is 0.497 e. The van der Waals surface area contributed by atoms with E-state index in [1.165, 1.54) is 16.7 Å². The van der Waals surface area contributed by atoms with Crippen molar-refractivity contribution >= 4 is 0 Å². The smallest absolute Gasteiger partial charge is 0.118 e. The Labute approximate surface area is 114 Å². The number of aryl methyl sites for hydroxylation is 1. The van der Waals surface area contributed by atoms with Crippen LogP contribution in [-0.4, -0.2) is 12.1 Å². The van der Waals surface area contributed by atoms with Crippen LogP contribution in [-0.2, 0) is 6.54 Å². The maximum atomic E-state index is 5.17. The molecule has 0 fully saturated rings. The lowest BCUT2D eigenvalue weighted by molar-refractivity contribution is 0.414. The molecule has 0 amide bonds. The van der Waals surface area contributed by atoms with Crippen molar-refractivity contribution in [2.75, 3.05) is 7.11 Å².